The lowest BCUT2D eigenvalue weighted by Gasteiger charge is -2.24. The summed E-state index contributed by atoms with van der Waals surface area (Å²) in [4.78, 5) is 13.9. The smallest absolute Gasteiger partial charge is 0.317 e. The number of urea groups is 1. The molecular formula is C16H22N2O4. The molecule has 1 aromatic rings. The Bertz CT molecular complexity index is 543. The minimum absolute atomic E-state index is 0.0224. The highest BCUT2D eigenvalue weighted by molar-refractivity contribution is 5.74. The zero-order valence-electron chi connectivity index (χ0n) is 13.0. The molecule has 2 aliphatic heterocycles. The predicted molar refractivity (Wildman–Crippen MR) is 81.0 cm³/mol. The van der Waals surface area contributed by atoms with Gasteiger partial charge in [0.1, 0.15) is 0 Å². The van der Waals surface area contributed by atoms with Crippen LogP contribution in [0.5, 0.6) is 11.5 Å². The molecule has 2 aliphatic rings. The molecule has 2 heterocycles. The van der Waals surface area contributed by atoms with Gasteiger partial charge in [0.25, 0.3) is 0 Å². The van der Waals surface area contributed by atoms with Crippen LogP contribution in [-0.4, -0.2) is 43.5 Å². The molecule has 2 atom stereocenters. The second kappa shape index (κ2) is 6.44. The Hall–Kier alpha value is -1.95. The van der Waals surface area contributed by atoms with E-state index < -0.39 is 0 Å². The molecule has 1 fully saturated rings. The van der Waals surface area contributed by atoms with Crippen molar-refractivity contribution in [2.75, 3.05) is 20.4 Å². The van der Waals surface area contributed by atoms with Crippen LogP contribution in [0.4, 0.5) is 4.79 Å². The lowest BCUT2D eigenvalue weighted by Crippen LogP contribution is -2.46. The summed E-state index contributed by atoms with van der Waals surface area (Å²) in [6.45, 7) is 3.55. The van der Waals surface area contributed by atoms with E-state index in [2.05, 4.69) is 5.32 Å². The summed E-state index contributed by atoms with van der Waals surface area (Å²) >= 11 is 0. The van der Waals surface area contributed by atoms with Crippen molar-refractivity contribution in [1.29, 1.82) is 0 Å². The summed E-state index contributed by atoms with van der Waals surface area (Å²) < 4.78 is 16.2. The Morgan fingerprint density at radius 3 is 3.00 bits per heavy atom. The lowest BCUT2D eigenvalue weighted by molar-refractivity contribution is 0.0838. The number of nitrogens with zero attached hydrogens (tertiary/aromatic N) is 1. The fourth-order valence-electron chi connectivity index (χ4n) is 2.78. The first-order valence-corrected chi connectivity index (χ1v) is 7.65. The second-order valence-electron chi connectivity index (χ2n) is 5.83. The number of fused-ring (bicyclic) bond motifs is 1. The summed E-state index contributed by atoms with van der Waals surface area (Å²) in [5.41, 5.74) is 1.01. The van der Waals surface area contributed by atoms with Crippen molar-refractivity contribution in [2.24, 2.45) is 0 Å². The normalized spacial score (nSPS) is 20.7. The average molecular weight is 306 g/mol. The van der Waals surface area contributed by atoms with Crippen molar-refractivity contribution >= 4 is 6.03 Å². The lowest BCUT2D eigenvalue weighted by atomic mass is 10.1. The average Bonchev–Trinajstić information content (AvgIpc) is 3.18. The fraction of sp³-hybridized carbons (Fsp3) is 0.562. The summed E-state index contributed by atoms with van der Waals surface area (Å²) in [7, 11) is 1.78. The quantitative estimate of drug-likeness (QED) is 0.925. The number of ether oxygens (including phenoxy) is 3. The first kappa shape index (κ1) is 15.0. The van der Waals surface area contributed by atoms with Crippen LogP contribution in [0.25, 0.3) is 0 Å². The van der Waals surface area contributed by atoms with Crippen molar-refractivity contribution in [3.05, 3.63) is 23.8 Å². The molecule has 1 saturated heterocycles. The molecule has 0 bridgehead atoms. The van der Waals surface area contributed by atoms with Gasteiger partial charge >= 0.3 is 6.03 Å². The van der Waals surface area contributed by atoms with Gasteiger partial charge in [-0.25, -0.2) is 4.79 Å². The van der Waals surface area contributed by atoms with Crippen molar-refractivity contribution in [3.63, 3.8) is 0 Å². The first-order valence-electron chi connectivity index (χ1n) is 7.65. The summed E-state index contributed by atoms with van der Waals surface area (Å²) in [5, 5.41) is 3.00. The molecule has 1 N–H and O–H groups in total. The monoisotopic (exact) mass is 306 g/mol. The number of benzene rings is 1. The van der Waals surface area contributed by atoms with Gasteiger partial charge in [0, 0.05) is 20.2 Å². The highest BCUT2D eigenvalue weighted by Gasteiger charge is 2.24. The van der Waals surface area contributed by atoms with Crippen molar-refractivity contribution in [3.8, 4) is 11.5 Å². The highest BCUT2D eigenvalue weighted by Crippen LogP contribution is 2.32. The van der Waals surface area contributed by atoms with E-state index in [4.69, 9.17) is 14.2 Å². The van der Waals surface area contributed by atoms with Crippen molar-refractivity contribution in [2.45, 2.75) is 38.5 Å². The molecule has 0 aromatic heterocycles. The Labute approximate surface area is 130 Å². The maximum absolute atomic E-state index is 12.3. The molecule has 2 amide bonds. The molecule has 120 valence electrons. The van der Waals surface area contributed by atoms with E-state index in [0.29, 0.717) is 6.54 Å². The Morgan fingerprint density at radius 1 is 1.41 bits per heavy atom. The molecule has 0 spiro atoms. The maximum atomic E-state index is 12.3. The van der Waals surface area contributed by atoms with E-state index >= 15 is 0 Å². The van der Waals surface area contributed by atoms with E-state index in [1.54, 1.807) is 11.9 Å². The number of hydrogen-bond acceptors (Lipinski definition) is 4. The molecule has 0 unspecified atom stereocenters. The van der Waals surface area contributed by atoms with Gasteiger partial charge in [0.15, 0.2) is 11.5 Å². The zero-order valence-corrected chi connectivity index (χ0v) is 13.0. The third-order valence-electron chi connectivity index (χ3n) is 4.08. The topological polar surface area (TPSA) is 60.0 Å². The predicted octanol–water partition coefficient (Wildman–Crippen LogP) is 2.12. The van der Waals surface area contributed by atoms with Crippen molar-refractivity contribution < 1.29 is 19.0 Å². The maximum Gasteiger partial charge on any atom is 0.317 e. The van der Waals surface area contributed by atoms with Gasteiger partial charge in [-0.2, -0.15) is 0 Å². The van der Waals surface area contributed by atoms with Crippen LogP contribution in [0.1, 0.15) is 25.3 Å². The fourth-order valence-corrected chi connectivity index (χ4v) is 2.78. The van der Waals surface area contributed by atoms with E-state index in [9.17, 15) is 4.79 Å². The Balaban J connectivity index is 1.54. The molecule has 22 heavy (non-hydrogen) atoms. The van der Waals surface area contributed by atoms with Crippen LogP contribution >= 0.6 is 0 Å². The highest BCUT2D eigenvalue weighted by atomic mass is 16.7. The van der Waals surface area contributed by atoms with E-state index in [1.165, 1.54) is 0 Å². The van der Waals surface area contributed by atoms with E-state index in [1.807, 2.05) is 25.1 Å². The third kappa shape index (κ3) is 3.27. The van der Waals surface area contributed by atoms with Gasteiger partial charge in [-0.15, -0.1) is 0 Å². The second-order valence-corrected chi connectivity index (χ2v) is 5.83. The number of nitrogens with one attached hydrogen (secondary N) is 1. The van der Waals surface area contributed by atoms with E-state index in [-0.39, 0.29) is 25.0 Å². The zero-order chi connectivity index (χ0) is 15.5. The van der Waals surface area contributed by atoms with Crippen LogP contribution in [0.3, 0.4) is 0 Å². The van der Waals surface area contributed by atoms with Crippen molar-refractivity contribution in [1.82, 2.24) is 10.2 Å². The van der Waals surface area contributed by atoms with Crippen LogP contribution < -0.4 is 14.8 Å². The molecule has 3 rings (SSSR count). The van der Waals surface area contributed by atoms with Gasteiger partial charge in [0.05, 0.1) is 12.1 Å². The molecular weight excluding hydrogens is 284 g/mol. The van der Waals surface area contributed by atoms with E-state index in [0.717, 1.165) is 36.5 Å². The Morgan fingerprint density at radius 2 is 2.23 bits per heavy atom. The first-order chi connectivity index (χ1) is 10.6. The minimum Gasteiger partial charge on any atom is -0.454 e. The van der Waals surface area contributed by atoms with Crippen LogP contribution in [-0.2, 0) is 11.3 Å². The SMILES string of the molecule is C[C@@H](NC(=O)N(C)Cc1ccc2c(c1)OCO2)[C@@H]1CCCO1. The molecule has 1 aromatic carbocycles. The van der Waals surface area contributed by atoms with Gasteiger partial charge in [-0.3, -0.25) is 0 Å². The summed E-state index contributed by atoms with van der Waals surface area (Å²) in [5.74, 6) is 1.49. The molecule has 0 radical (unpaired) electrons. The molecule has 0 aliphatic carbocycles. The Kier molecular flexibility index (Phi) is 4.38. The standard InChI is InChI=1S/C16H22N2O4/c1-11(13-4-3-7-20-13)17-16(19)18(2)9-12-5-6-14-15(8-12)22-10-21-14/h5-6,8,11,13H,3-4,7,9-10H2,1-2H3,(H,17,19)/t11-,13+/m1/s1. The van der Waals surface area contributed by atoms with Crippen LogP contribution in [0.2, 0.25) is 0 Å². The minimum atomic E-state index is -0.0966. The van der Waals surface area contributed by atoms with Crippen LogP contribution in [0.15, 0.2) is 18.2 Å². The molecule has 0 saturated carbocycles. The van der Waals surface area contributed by atoms with Gasteiger partial charge in [-0.05, 0) is 37.5 Å². The van der Waals surface area contributed by atoms with Gasteiger partial charge in [-0.1, -0.05) is 6.07 Å². The number of rotatable bonds is 4. The number of carbonyl (C=O) groups is 1. The van der Waals surface area contributed by atoms with Gasteiger partial charge < -0.3 is 24.4 Å². The van der Waals surface area contributed by atoms with Gasteiger partial charge in [0.2, 0.25) is 6.79 Å². The molecule has 6 nitrogen and oxygen atoms in total. The number of amides is 2. The third-order valence-corrected chi connectivity index (χ3v) is 4.08. The number of hydrogen-bond donors (Lipinski definition) is 1. The van der Waals surface area contributed by atoms with Crippen LogP contribution in [0, 0.1) is 0 Å². The molecule has 6 heteroatoms. The summed E-state index contributed by atoms with van der Waals surface area (Å²) in [6.07, 6.45) is 2.20. The largest absolute Gasteiger partial charge is 0.454 e. The summed E-state index contributed by atoms with van der Waals surface area (Å²) in [6, 6.07) is 5.66. The number of carbonyl (C=O) groups excluding carboxylic acids is 1.